The third-order valence-electron chi connectivity index (χ3n) is 1.96. The van der Waals surface area contributed by atoms with Crippen molar-refractivity contribution in [1.82, 2.24) is 4.98 Å². The number of nitrogens with two attached hydrogens (primary N) is 1. The zero-order chi connectivity index (χ0) is 11.3. The first kappa shape index (κ1) is 12.2. The van der Waals surface area contributed by atoms with E-state index in [4.69, 9.17) is 15.9 Å². The summed E-state index contributed by atoms with van der Waals surface area (Å²) in [5.74, 6) is 0. The molecule has 5 nitrogen and oxygen atoms in total. The molecule has 6 heteroatoms. The molecular formula is C9H14BrN3O2. The molecule has 0 radical (unpaired) electrons. The normalized spacial score (nSPS) is 10.3. The van der Waals surface area contributed by atoms with Gasteiger partial charge in [0.1, 0.15) is 0 Å². The Morgan fingerprint density at radius 2 is 1.87 bits per heavy atom. The lowest BCUT2D eigenvalue weighted by atomic mass is 10.3. The van der Waals surface area contributed by atoms with E-state index in [1.165, 1.54) is 0 Å². The van der Waals surface area contributed by atoms with Gasteiger partial charge in [0.25, 0.3) is 0 Å². The number of aromatic nitrogens is 1. The number of pyridine rings is 1. The molecule has 15 heavy (non-hydrogen) atoms. The smallest absolute Gasteiger partial charge is 0.0777 e. The van der Waals surface area contributed by atoms with Crippen LogP contribution in [0.3, 0.4) is 0 Å². The van der Waals surface area contributed by atoms with Crippen LogP contribution in [0.25, 0.3) is 0 Å². The van der Waals surface area contributed by atoms with Crippen LogP contribution >= 0.6 is 15.9 Å². The molecule has 0 aromatic carbocycles. The minimum absolute atomic E-state index is 0.00814. The van der Waals surface area contributed by atoms with Crippen LogP contribution in [-0.2, 0) is 0 Å². The van der Waals surface area contributed by atoms with Gasteiger partial charge in [0.05, 0.1) is 35.3 Å². The summed E-state index contributed by atoms with van der Waals surface area (Å²) in [5, 5.41) is 17.8. The summed E-state index contributed by atoms with van der Waals surface area (Å²) in [6, 6.07) is 0. The molecule has 0 aliphatic carbocycles. The molecular weight excluding hydrogens is 262 g/mol. The van der Waals surface area contributed by atoms with Gasteiger partial charge in [-0.05, 0) is 15.9 Å². The van der Waals surface area contributed by atoms with Crippen molar-refractivity contribution in [3.8, 4) is 0 Å². The molecule has 0 aliphatic rings. The van der Waals surface area contributed by atoms with Crippen molar-refractivity contribution in [1.29, 1.82) is 0 Å². The van der Waals surface area contributed by atoms with Crippen LogP contribution in [0.4, 0.5) is 11.4 Å². The third kappa shape index (κ3) is 3.05. The van der Waals surface area contributed by atoms with E-state index in [1.807, 2.05) is 0 Å². The Bertz CT molecular complexity index is 296. The van der Waals surface area contributed by atoms with E-state index in [0.29, 0.717) is 18.8 Å². The first-order valence-corrected chi connectivity index (χ1v) is 5.35. The van der Waals surface area contributed by atoms with E-state index in [1.54, 1.807) is 17.3 Å². The van der Waals surface area contributed by atoms with Gasteiger partial charge in [-0.15, -0.1) is 0 Å². The fraction of sp³-hybridized carbons (Fsp3) is 0.444. The van der Waals surface area contributed by atoms with Crippen molar-refractivity contribution in [3.63, 3.8) is 0 Å². The van der Waals surface area contributed by atoms with Crippen LogP contribution < -0.4 is 10.6 Å². The Morgan fingerprint density at radius 1 is 1.27 bits per heavy atom. The van der Waals surface area contributed by atoms with Gasteiger partial charge >= 0.3 is 0 Å². The minimum atomic E-state index is 0.00814. The number of rotatable bonds is 5. The molecule has 0 unspecified atom stereocenters. The van der Waals surface area contributed by atoms with Gasteiger partial charge in [0, 0.05) is 19.3 Å². The first-order valence-electron chi connectivity index (χ1n) is 4.56. The molecule has 1 aromatic heterocycles. The molecule has 1 rings (SSSR count). The van der Waals surface area contributed by atoms with E-state index in [0.717, 1.165) is 10.2 Å². The number of aliphatic hydroxyl groups excluding tert-OH is 2. The monoisotopic (exact) mass is 275 g/mol. The maximum atomic E-state index is 8.91. The Kier molecular flexibility index (Phi) is 4.80. The van der Waals surface area contributed by atoms with Crippen LogP contribution in [0.1, 0.15) is 0 Å². The van der Waals surface area contributed by atoms with Gasteiger partial charge in [0.15, 0.2) is 0 Å². The summed E-state index contributed by atoms with van der Waals surface area (Å²) < 4.78 is 0.754. The quantitative estimate of drug-likeness (QED) is 0.716. The number of nitrogens with zero attached hydrogens (tertiary/aromatic N) is 2. The van der Waals surface area contributed by atoms with E-state index in [2.05, 4.69) is 20.9 Å². The molecule has 0 bridgehead atoms. The molecule has 0 amide bonds. The van der Waals surface area contributed by atoms with Gasteiger partial charge in [-0.3, -0.25) is 4.98 Å². The molecule has 0 spiro atoms. The second-order valence-corrected chi connectivity index (χ2v) is 3.85. The second kappa shape index (κ2) is 5.89. The fourth-order valence-corrected chi connectivity index (χ4v) is 1.95. The van der Waals surface area contributed by atoms with Crippen molar-refractivity contribution >= 4 is 27.3 Å². The lowest BCUT2D eigenvalue weighted by Gasteiger charge is -2.25. The topological polar surface area (TPSA) is 82.6 Å². The van der Waals surface area contributed by atoms with E-state index in [9.17, 15) is 0 Å². The van der Waals surface area contributed by atoms with Crippen molar-refractivity contribution < 1.29 is 10.2 Å². The Balaban J connectivity index is 2.98. The van der Waals surface area contributed by atoms with Gasteiger partial charge in [-0.2, -0.15) is 0 Å². The number of anilines is 2. The van der Waals surface area contributed by atoms with Crippen LogP contribution in [0, 0.1) is 0 Å². The maximum Gasteiger partial charge on any atom is 0.0777 e. The fourth-order valence-electron chi connectivity index (χ4n) is 1.35. The van der Waals surface area contributed by atoms with Crippen molar-refractivity contribution in [2.45, 2.75) is 0 Å². The van der Waals surface area contributed by atoms with Crippen LogP contribution in [-0.4, -0.2) is 41.5 Å². The largest absolute Gasteiger partial charge is 0.396 e. The molecule has 0 fully saturated rings. The molecule has 0 saturated heterocycles. The molecule has 0 atom stereocenters. The van der Waals surface area contributed by atoms with Crippen molar-refractivity contribution in [2.24, 2.45) is 0 Å². The van der Waals surface area contributed by atoms with Gasteiger partial charge in [0.2, 0.25) is 0 Å². The number of hydrogen-bond acceptors (Lipinski definition) is 5. The molecule has 1 aromatic rings. The highest BCUT2D eigenvalue weighted by molar-refractivity contribution is 9.10. The van der Waals surface area contributed by atoms with Gasteiger partial charge < -0.3 is 20.8 Å². The summed E-state index contributed by atoms with van der Waals surface area (Å²) >= 11 is 3.34. The third-order valence-corrected chi connectivity index (χ3v) is 2.54. The zero-order valence-electron chi connectivity index (χ0n) is 8.23. The predicted molar refractivity (Wildman–Crippen MR) is 62.7 cm³/mol. The number of nitrogen functional groups attached to an aromatic ring is 1. The molecule has 0 aliphatic heterocycles. The number of halogens is 1. The highest BCUT2D eigenvalue weighted by atomic mass is 79.9. The maximum absolute atomic E-state index is 8.91. The SMILES string of the molecule is Nc1cncc(Br)c1N(CCO)CCO. The second-order valence-electron chi connectivity index (χ2n) is 2.99. The highest BCUT2D eigenvalue weighted by Crippen LogP contribution is 2.30. The van der Waals surface area contributed by atoms with E-state index < -0.39 is 0 Å². The average Bonchev–Trinajstić information content (AvgIpc) is 2.18. The van der Waals surface area contributed by atoms with Crippen LogP contribution in [0.5, 0.6) is 0 Å². The van der Waals surface area contributed by atoms with E-state index >= 15 is 0 Å². The molecule has 4 N–H and O–H groups in total. The summed E-state index contributed by atoms with van der Waals surface area (Å²) in [6.07, 6.45) is 3.18. The van der Waals surface area contributed by atoms with Gasteiger partial charge in [-0.25, -0.2) is 0 Å². The van der Waals surface area contributed by atoms with Crippen LogP contribution in [0.2, 0.25) is 0 Å². The molecule has 0 saturated carbocycles. The summed E-state index contributed by atoms with van der Waals surface area (Å²) in [7, 11) is 0. The summed E-state index contributed by atoms with van der Waals surface area (Å²) in [6.45, 7) is 0.864. The van der Waals surface area contributed by atoms with Crippen LogP contribution in [0.15, 0.2) is 16.9 Å². The Labute approximate surface area is 96.7 Å². The Morgan fingerprint density at radius 3 is 2.33 bits per heavy atom. The number of aliphatic hydroxyl groups is 2. The van der Waals surface area contributed by atoms with Crippen molar-refractivity contribution in [3.05, 3.63) is 16.9 Å². The van der Waals surface area contributed by atoms with Crippen molar-refractivity contribution in [2.75, 3.05) is 36.9 Å². The zero-order valence-corrected chi connectivity index (χ0v) is 9.81. The van der Waals surface area contributed by atoms with Gasteiger partial charge in [-0.1, -0.05) is 0 Å². The standard InChI is InChI=1S/C9H14BrN3O2/c10-7-5-12-6-8(11)9(7)13(1-3-14)2-4-15/h5-6,14-15H,1-4,11H2. The lowest BCUT2D eigenvalue weighted by Crippen LogP contribution is -2.30. The summed E-state index contributed by atoms with van der Waals surface area (Å²) in [5.41, 5.74) is 7.06. The molecule has 1 heterocycles. The first-order chi connectivity index (χ1) is 7.20. The van der Waals surface area contributed by atoms with E-state index in [-0.39, 0.29) is 13.2 Å². The minimum Gasteiger partial charge on any atom is -0.396 e. The molecule has 84 valence electrons. The highest BCUT2D eigenvalue weighted by Gasteiger charge is 2.12. The Hall–Kier alpha value is -0.850. The number of hydrogen-bond donors (Lipinski definition) is 3. The lowest BCUT2D eigenvalue weighted by molar-refractivity contribution is 0.281. The average molecular weight is 276 g/mol. The predicted octanol–water partition coefficient (Wildman–Crippen LogP) is 0.217. The summed E-state index contributed by atoms with van der Waals surface area (Å²) in [4.78, 5) is 5.73.